The molecule has 0 fully saturated rings. The van der Waals surface area contributed by atoms with E-state index in [2.05, 4.69) is 17.0 Å². The predicted molar refractivity (Wildman–Crippen MR) is 102 cm³/mol. The second kappa shape index (κ2) is 17.6. The van der Waals surface area contributed by atoms with Crippen LogP contribution in [0.5, 0.6) is 0 Å². The smallest absolute Gasteiger partial charge is 0.407 e. The summed E-state index contributed by atoms with van der Waals surface area (Å²) in [5.74, 6) is -0.413. The Morgan fingerprint density at radius 3 is 1.68 bits per heavy atom. The molecule has 1 unspecified atom stereocenters. The molecule has 0 saturated carbocycles. The highest BCUT2D eigenvalue weighted by atomic mass is 16.5. The van der Waals surface area contributed by atoms with Gasteiger partial charge in [-0.2, -0.15) is 0 Å². The van der Waals surface area contributed by atoms with Crippen molar-refractivity contribution in [3.63, 3.8) is 0 Å². The summed E-state index contributed by atoms with van der Waals surface area (Å²) in [6.45, 7) is 4.26. The third-order valence-electron chi connectivity index (χ3n) is 4.37. The van der Waals surface area contributed by atoms with Gasteiger partial charge in [0.2, 0.25) is 0 Å². The molecule has 25 heavy (non-hydrogen) atoms. The van der Waals surface area contributed by atoms with E-state index in [0.29, 0.717) is 6.61 Å². The van der Waals surface area contributed by atoms with Gasteiger partial charge in [-0.1, -0.05) is 84.0 Å². The zero-order valence-corrected chi connectivity index (χ0v) is 16.6. The molecule has 0 aromatic carbocycles. The minimum atomic E-state index is -0.672. The Balaban J connectivity index is 3.28. The fourth-order valence-corrected chi connectivity index (χ4v) is 2.71. The lowest BCUT2D eigenvalue weighted by molar-refractivity contribution is -0.145. The fourth-order valence-electron chi connectivity index (χ4n) is 2.71. The lowest BCUT2D eigenvalue weighted by Crippen LogP contribution is -2.39. The summed E-state index contributed by atoms with van der Waals surface area (Å²) in [5.41, 5.74) is 0. The molecule has 0 aliphatic heterocycles. The first-order valence-corrected chi connectivity index (χ1v) is 10.1. The highest BCUT2D eigenvalue weighted by Gasteiger charge is 2.16. The summed E-state index contributed by atoms with van der Waals surface area (Å²) in [7, 11) is 1.26. The van der Waals surface area contributed by atoms with E-state index in [9.17, 15) is 9.59 Å². The van der Waals surface area contributed by atoms with Crippen molar-refractivity contribution in [2.45, 2.75) is 103 Å². The number of methoxy groups -OCH3 is 1. The summed E-state index contributed by atoms with van der Waals surface area (Å²) in [6.07, 6.45) is 16.1. The topological polar surface area (TPSA) is 64.6 Å². The summed E-state index contributed by atoms with van der Waals surface area (Å²) >= 11 is 0. The van der Waals surface area contributed by atoms with E-state index in [1.807, 2.05) is 0 Å². The quantitative estimate of drug-likeness (QED) is 0.298. The largest absolute Gasteiger partial charge is 0.464 e. The number of ether oxygens (including phenoxy) is 2. The van der Waals surface area contributed by atoms with E-state index in [1.54, 1.807) is 6.92 Å². The van der Waals surface area contributed by atoms with Gasteiger partial charge >= 0.3 is 12.1 Å². The number of rotatable bonds is 16. The molecule has 5 heteroatoms. The van der Waals surface area contributed by atoms with Crippen molar-refractivity contribution in [1.29, 1.82) is 0 Å². The summed E-state index contributed by atoms with van der Waals surface area (Å²) in [6, 6.07) is -0.672. The molecule has 1 N–H and O–H groups in total. The zero-order valence-electron chi connectivity index (χ0n) is 16.6. The summed E-state index contributed by atoms with van der Waals surface area (Å²) in [4.78, 5) is 22.6. The first-order chi connectivity index (χ1) is 12.1. The van der Waals surface area contributed by atoms with Crippen LogP contribution in [0.1, 0.15) is 97.3 Å². The average molecular weight is 358 g/mol. The van der Waals surface area contributed by atoms with Crippen LogP contribution in [-0.4, -0.2) is 31.8 Å². The van der Waals surface area contributed by atoms with E-state index in [-0.39, 0.29) is 0 Å². The van der Waals surface area contributed by atoms with Crippen LogP contribution >= 0.6 is 0 Å². The average Bonchev–Trinajstić information content (AvgIpc) is 2.61. The second-order valence-electron chi connectivity index (χ2n) is 6.77. The molecule has 0 spiro atoms. The number of carbonyl (C=O) groups excluding carboxylic acids is 2. The van der Waals surface area contributed by atoms with Crippen LogP contribution < -0.4 is 5.32 Å². The third-order valence-corrected chi connectivity index (χ3v) is 4.37. The predicted octanol–water partition coefficient (Wildman–Crippen LogP) is 5.37. The van der Waals surface area contributed by atoms with Gasteiger partial charge < -0.3 is 14.8 Å². The number of esters is 1. The Hall–Kier alpha value is -1.26. The van der Waals surface area contributed by atoms with Gasteiger partial charge in [0.15, 0.2) is 0 Å². The molecule has 0 aromatic heterocycles. The number of amides is 1. The van der Waals surface area contributed by atoms with Crippen LogP contribution in [0.25, 0.3) is 0 Å². The molecule has 148 valence electrons. The van der Waals surface area contributed by atoms with Crippen molar-refractivity contribution in [2.75, 3.05) is 13.7 Å². The van der Waals surface area contributed by atoms with E-state index >= 15 is 0 Å². The Bertz CT molecular complexity index is 334. The molecule has 0 aromatic rings. The molecular weight excluding hydrogens is 318 g/mol. The number of alkyl carbamates (subject to hydrolysis) is 1. The van der Waals surface area contributed by atoms with Gasteiger partial charge in [-0.15, -0.1) is 0 Å². The number of hydrogen-bond donors (Lipinski definition) is 1. The SMILES string of the molecule is CCCCCCCCCCCCCCCOC(=O)C(C)NC(=O)OC. The Labute approximate surface area is 154 Å². The number of hydrogen-bond acceptors (Lipinski definition) is 4. The Morgan fingerprint density at radius 2 is 1.24 bits per heavy atom. The molecule has 5 nitrogen and oxygen atoms in total. The molecule has 0 saturated heterocycles. The molecule has 0 radical (unpaired) electrons. The van der Waals surface area contributed by atoms with Crippen molar-refractivity contribution in [2.24, 2.45) is 0 Å². The van der Waals surface area contributed by atoms with Crippen molar-refractivity contribution >= 4 is 12.1 Å². The molecular formula is C20H39NO4. The number of carbonyl (C=O) groups is 2. The maximum atomic E-state index is 11.6. The first-order valence-electron chi connectivity index (χ1n) is 10.1. The minimum absolute atomic E-state index is 0.413. The fraction of sp³-hybridized carbons (Fsp3) is 0.900. The Kier molecular flexibility index (Phi) is 16.7. The molecule has 0 bridgehead atoms. The van der Waals surface area contributed by atoms with Crippen molar-refractivity contribution in [3.8, 4) is 0 Å². The summed E-state index contributed by atoms with van der Waals surface area (Å²) in [5, 5.41) is 2.39. The van der Waals surface area contributed by atoms with E-state index < -0.39 is 18.1 Å². The standard InChI is InChI=1S/C20H39NO4/c1-4-5-6-7-8-9-10-11-12-13-14-15-16-17-25-19(22)18(2)21-20(23)24-3/h18H,4-17H2,1-3H3,(H,21,23). The normalized spacial score (nSPS) is 11.8. The second-order valence-corrected chi connectivity index (χ2v) is 6.77. The molecule has 0 aliphatic carbocycles. The van der Waals surface area contributed by atoms with Crippen molar-refractivity contribution in [3.05, 3.63) is 0 Å². The highest BCUT2D eigenvalue weighted by molar-refractivity contribution is 5.80. The number of unbranched alkanes of at least 4 members (excludes halogenated alkanes) is 12. The van der Waals surface area contributed by atoms with Gasteiger partial charge in [0.05, 0.1) is 13.7 Å². The first kappa shape index (κ1) is 23.7. The molecule has 0 rings (SSSR count). The monoisotopic (exact) mass is 357 g/mol. The maximum absolute atomic E-state index is 11.6. The lowest BCUT2D eigenvalue weighted by Gasteiger charge is -2.12. The van der Waals surface area contributed by atoms with E-state index in [4.69, 9.17) is 4.74 Å². The van der Waals surface area contributed by atoms with E-state index in [0.717, 1.165) is 12.8 Å². The maximum Gasteiger partial charge on any atom is 0.407 e. The molecule has 1 amide bonds. The van der Waals surface area contributed by atoms with Crippen LogP contribution in [0, 0.1) is 0 Å². The van der Waals surface area contributed by atoms with Crippen molar-refractivity contribution < 1.29 is 19.1 Å². The van der Waals surface area contributed by atoms with E-state index in [1.165, 1.54) is 77.7 Å². The Morgan fingerprint density at radius 1 is 0.800 bits per heavy atom. The van der Waals surface area contributed by atoms with Crippen LogP contribution in [0.3, 0.4) is 0 Å². The van der Waals surface area contributed by atoms with Gasteiger partial charge in [0.1, 0.15) is 6.04 Å². The molecule has 0 aliphatic rings. The number of nitrogens with one attached hydrogen (secondary N) is 1. The third kappa shape index (κ3) is 16.0. The highest BCUT2D eigenvalue weighted by Crippen LogP contribution is 2.12. The van der Waals surface area contributed by atoms with Gasteiger partial charge in [-0.05, 0) is 13.3 Å². The zero-order chi connectivity index (χ0) is 18.8. The molecule has 0 heterocycles. The van der Waals surface area contributed by atoms with Crippen LogP contribution in [-0.2, 0) is 14.3 Å². The van der Waals surface area contributed by atoms with Gasteiger partial charge in [-0.3, -0.25) is 0 Å². The molecule has 1 atom stereocenters. The van der Waals surface area contributed by atoms with Gasteiger partial charge in [-0.25, -0.2) is 9.59 Å². The van der Waals surface area contributed by atoms with Crippen LogP contribution in [0.15, 0.2) is 0 Å². The van der Waals surface area contributed by atoms with Crippen LogP contribution in [0.4, 0.5) is 4.79 Å². The van der Waals surface area contributed by atoms with Gasteiger partial charge in [0, 0.05) is 0 Å². The lowest BCUT2D eigenvalue weighted by atomic mass is 10.0. The minimum Gasteiger partial charge on any atom is -0.464 e. The summed E-state index contributed by atoms with van der Waals surface area (Å²) < 4.78 is 9.58. The van der Waals surface area contributed by atoms with Crippen LogP contribution in [0.2, 0.25) is 0 Å². The van der Waals surface area contributed by atoms with Crippen molar-refractivity contribution in [1.82, 2.24) is 5.32 Å². The van der Waals surface area contributed by atoms with Gasteiger partial charge in [0.25, 0.3) is 0 Å².